The van der Waals surface area contributed by atoms with E-state index in [2.05, 4.69) is 27.7 Å². The molecule has 0 radical (unpaired) electrons. The van der Waals surface area contributed by atoms with E-state index in [1.807, 2.05) is 0 Å². The summed E-state index contributed by atoms with van der Waals surface area (Å²) < 4.78 is 0. The van der Waals surface area contributed by atoms with Crippen molar-refractivity contribution in [2.24, 2.45) is 5.92 Å². The molecule has 0 amide bonds. The predicted molar refractivity (Wildman–Crippen MR) is 114 cm³/mol. The van der Waals surface area contributed by atoms with E-state index < -0.39 is 5.97 Å². The van der Waals surface area contributed by atoms with E-state index in [1.165, 1.54) is 19.3 Å². The number of hydrogen-bond acceptors (Lipinski definition) is 3. The molecule has 0 aromatic heterocycles. The monoisotopic (exact) mass is 388 g/mol. The summed E-state index contributed by atoms with van der Waals surface area (Å²) in [5.74, 6) is -0.348. The second-order valence-corrected chi connectivity index (χ2v) is 9.08. The number of aromatic hydroxyl groups is 2. The lowest BCUT2D eigenvalue weighted by Gasteiger charge is -2.29. The van der Waals surface area contributed by atoms with Crippen LogP contribution in [-0.4, -0.2) is 21.3 Å². The number of hydrogen-bond donors (Lipinski definition) is 3. The molecule has 0 heterocycles. The van der Waals surface area contributed by atoms with Crippen LogP contribution in [0.1, 0.15) is 96.6 Å². The van der Waals surface area contributed by atoms with E-state index in [0.717, 1.165) is 36.0 Å². The van der Waals surface area contributed by atoms with Gasteiger partial charge in [0.15, 0.2) is 0 Å². The number of benzene rings is 1. The zero-order chi connectivity index (χ0) is 20.9. The summed E-state index contributed by atoms with van der Waals surface area (Å²) in [6.45, 7) is 8.61. The first-order valence-corrected chi connectivity index (χ1v) is 10.6. The van der Waals surface area contributed by atoms with Crippen molar-refractivity contribution in [3.8, 4) is 11.5 Å². The van der Waals surface area contributed by atoms with Gasteiger partial charge in [0.25, 0.3) is 0 Å². The van der Waals surface area contributed by atoms with Crippen LogP contribution in [0.5, 0.6) is 11.5 Å². The van der Waals surface area contributed by atoms with Gasteiger partial charge in [0, 0.05) is 0 Å². The average Bonchev–Trinajstić information content (AvgIpc) is 2.60. The maximum Gasteiger partial charge on any atom is 0.307 e. The van der Waals surface area contributed by atoms with Gasteiger partial charge in [-0.3, -0.25) is 4.79 Å². The number of rotatable bonds is 9. The molecule has 1 unspecified atom stereocenters. The number of carboxylic acids is 1. The predicted octanol–water partition coefficient (Wildman–Crippen LogP) is 6.39. The van der Waals surface area contributed by atoms with Gasteiger partial charge < -0.3 is 15.3 Å². The Balaban J connectivity index is 2.37. The second kappa shape index (κ2) is 9.49. The molecular weight excluding hydrogens is 352 g/mol. The fourth-order valence-corrected chi connectivity index (χ4v) is 4.27. The summed E-state index contributed by atoms with van der Waals surface area (Å²) in [6, 6.07) is 3.53. The highest BCUT2D eigenvalue weighted by atomic mass is 16.4. The Labute approximate surface area is 169 Å². The molecule has 1 aliphatic carbocycles. The Kier molecular flexibility index (Phi) is 7.56. The number of carboxylic acid groups (broad SMARTS) is 1. The summed E-state index contributed by atoms with van der Waals surface area (Å²) in [6.07, 6.45) is 8.02. The third-order valence-electron chi connectivity index (χ3n) is 6.12. The van der Waals surface area contributed by atoms with Crippen molar-refractivity contribution in [3.05, 3.63) is 28.8 Å². The van der Waals surface area contributed by atoms with Gasteiger partial charge in [-0.2, -0.15) is 0 Å². The number of allylic oxidation sites excluding steroid dienone is 1. The average molecular weight is 389 g/mol. The van der Waals surface area contributed by atoms with Gasteiger partial charge in [-0.25, -0.2) is 0 Å². The number of phenols is 2. The molecule has 1 atom stereocenters. The summed E-state index contributed by atoms with van der Waals surface area (Å²) in [5, 5.41) is 30.8. The van der Waals surface area contributed by atoms with Crippen molar-refractivity contribution in [1.82, 2.24) is 0 Å². The zero-order valence-electron chi connectivity index (χ0n) is 17.8. The first-order valence-electron chi connectivity index (χ1n) is 10.6. The third-order valence-corrected chi connectivity index (χ3v) is 6.12. The van der Waals surface area contributed by atoms with Crippen molar-refractivity contribution >= 4 is 11.5 Å². The smallest absolute Gasteiger partial charge is 0.307 e. The lowest BCUT2D eigenvalue weighted by Crippen LogP contribution is -2.17. The number of unbranched alkanes of at least 4 members (excludes halogenated alkanes) is 3. The highest BCUT2D eigenvalue weighted by molar-refractivity contribution is 5.82. The van der Waals surface area contributed by atoms with Crippen LogP contribution in [0.2, 0.25) is 0 Å². The van der Waals surface area contributed by atoms with Gasteiger partial charge in [0.2, 0.25) is 0 Å². The Hall–Kier alpha value is -1.97. The molecule has 3 N–H and O–H groups in total. The Morgan fingerprint density at radius 3 is 2.36 bits per heavy atom. The highest BCUT2D eigenvalue weighted by Crippen LogP contribution is 2.46. The first-order chi connectivity index (χ1) is 13.2. The lowest BCUT2D eigenvalue weighted by atomic mass is 9.77. The summed E-state index contributed by atoms with van der Waals surface area (Å²) in [7, 11) is 0. The minimum absolute atomic E-state index is 0.0361. The van der Waals surface area contributed by atoms with Crippen LogP contribution in [0.15, 0.2) is 17.7 Å². The Bertz CT molecular complexity index is 707. The molecule has 1 aromatic rings. The number of phenolic OH excluding ortho intramolecular Hbond substituents is 2. The molecule has 1 aromatic carbocycles. The second-order valence-electron chi connectivity index (χ2n) is 9.08. The number of carbonyl (C=O) groups is 1. The van der Waals surface area contributed by atoms with Crippen LogP contribution >= 0.6 is 0 Å². The topological polar surface area (TPSA) is 77.8 Å². The molecule has 0 spiro atoms. The molecule has 0 saturated carbocycles. The van der Waals surface area contributed by atoms with Gasteiger partial charge in [0.05, 0.1) is 12.0 Å². The molecule has 0 saturated heterocycles. The third kappa shape index (κ3) is 5.52. The van der Waals surface area contributed by atoms with Crippen LogP contribution in [0.3, 0.4) is 0 Å². The molecular formula is C24H36O4. The van der Waals surface area contributed by atoms with Crippen molar-refractivity contribution in [2.45, 2.75) is 90.9 Å². The SMILES string of the molecule is CCCCCCC(C)(C)c1cc(O)c(C2=C(CC(=O)O)CCC(C)C2)c(O)c1. The van der Waals surface area contributed by atoms with Crippen LogP contribution < -0.4 is 0 Å². The van der Waals surface area contributed by atoms with Gasteiger partial charge in [-0.1, -0.05) is 59.0 Å². The summed E-state index contributed by atoms with van der Waals surface area (Å²) in [4.78, 5) is 11.3. The molecule has 4 heteroatoms. The fraction of sp³-hybridized carbons (Fsp3) is 0.625. The highest BCUT2D eigenvalue weighted by Gasteiger charge is 2.28. The van der Waals surface area contributed by atoms with E-state index in [1.54, 1.807) is 12.1 Å². The maximum absolute atomic E-state index is 11.3. The van der Waals surface area contributed by atoms with Crippen LogP contribution in [-0.2, 0) is 10.2 Å². The van der Waals surface area contributed by atoms with E-state index in [9.17, 15) is 20.1 Å². The van der Waals surface area contributed by atoms with E-state index >= 15 is 0 Å². The van der Waals surface area contributed by atoms with Gasteiger partial charge >= 0.3 is 5.97 Å². The number of aliphatic carboxylic acids is 1. The molecule has 2 rings (SSSR count). The molecule has 1 aliphatic rings. The van der Waals surface area contributed by atoms with Gasteiger partial charge in [-0.15, -0.1) is 0 Å². The van der Waals surface area contributed by atoms with Crippen molar-refractivity contribution in [2.75, 3.05) is 0 Å². The van der Waals surface area contributed by atoms with Crippen molar-refractivity contribution < 1.29 is 20.1 Å². The van der Waals surface area contributed by atoms with E-state index in [0.29, 0.717) is 24.3 Å². The molecule has 4 nitrogen and oxygen atoms in total. The van der Waals surface area contributed by atoms with Crippen LogP contribution in [0, 0.1) is 5.92 Å². The minimum atomic E-state index is -0.870. The Morgan fingerprint density at radius 1 is 1.14 bits per heavy atom. The first kappa shape index (κ1) is 22.3. The largest absolute Gasteiger partial charge is 0.507 e. The van der Waals surface area contributed by atoms with Crippen LogP contribution in [0.25, 0.3) is 5.57 Å². The normalized spacial score (nSPS) is 17.8. The van der Waals surface area contributed by atoms with E-state index in [4.69, 9.17) is 0 Å². The standard InChI is InChI=1S/C24H36O4/c1-5-6-7-8-11-24(3,4)18-14-20(25)23(21(26)15-18)19-12-16(2)9-10-17(19)13-22(27)28/h14-16,25-26H,5-13H2,1-4H3,(H,27,28). The quantitative estimate of drug-likeness (QED) is 0.428. The summed E-state index contributed by atoms with van der Waals surface area (Å²) >= 11 is 0. The van der Waals surface area contributed by atoms with Crippen LogP contribution in [0.4, 0.5) is 0 Å². The molecule has 28 heavy (non-hydrogen) atoms. The van der Waals surface area contributed by atoms with E-state index in [-0.39, 0.29) is 23.3 Å². The van der Waals surface area contributed by atoms with Gasteiger partial charge in [0.1, 0.15) is 11.5 Å². The Morgan fingerprint density at radius 2 is 1.79 bits per heavy atom. The maximum atomic E-state index is 11.3. The molecule has 0 bridgehead atoms. The lowest BCUT2D eigenvalue weighted by molar-refractivity contribution is -0.136. The minimum Gasteiger partial charge on any atom is -0.507 e. The van der Waals surface area contributed by atoms with Crippen molar-refractivity contribution in [3.63, 3.8) is 0 Å². The fourth-order valence-electron chi connectivity index (χ4n) is 4.27. The van der Waals surface area contributed by atoms with Crippen molar-refractivity contribution in [1.29, 1.82) is 0 Å². The molecule has 0 fully saturated rings. The molecule has 0 aliphatic heterocycles. The molecule has 156 valence electrons. The zero-order valence-corrected chi connectivity index (χ0v) is 17.8. The van der Waals surface area contributed by atoms with Gasteiger partial charge in [-0.05, 0) is 60.3 Å². The summed E-state index contributed by atoms with van der Waals surface area (Å²) in [5.41, 5.74) is 2.84.